The number of amides is 1. The summed E-state index contributed by atoms with van der Waals surface area (Å²) in [7, 11) is 0. The van der Waals surface area contributed by atoms with Crippen LogP contribution in [0.4, 0.5) is 0 Å². The summed E-state index contributed by atoms with van der Waals surface area (Å²) in [6.07, 6.45) is 5.39. The van der Waals surface area contributed by atoms with E-state index in [0.717, 1.165) is 12.8 Å². The molecule has 16 heavy (non-hydrogen) atoms. The molecule has 1 saturated carbocycles. The number of hydrogen-bond donors (Lipinski definition) is 1. The van der Waals surface area contributed by atoms with Gasteiger partial charge in [0.25, 0.3) is 0 Å². The molecule has 3 atom stereocenters. The molecule has 2 rings (SSSR count). The van der Waals surface area contributed by atoms with Crippen LogP contribution in [0.2, 0.25) is 0 Å². The lowest BCUT2D eigenvalue weighted by Crippen LogP contribution is -2.53. The van der Waals surface area contributed by atoms with Gasteiger partial charge in [0.1, 0.15) is 6.04 Å². The Balaban J connectivity index is 2.13. The largest absolute Gasteiger partial charge is 0.480 e. The number of fused-ring (bicyclic) bond motifs is 1. The van der Waals surface area contributed by atoms with Gasteiger partial charge in [-0.2, -0.15) is 0 Å². The smallest absolute Gasteiger partial charge is 0.326 e. The van der Waals surface area contributed by atoms with Crippen molar-refractivity contribution in [3.05, 3.63) is 0 Å². The SMILES string of the molecule is CC(=O)N1C[C@@H]2CCCC[C@@H]2CC1C(=O)O. The number of likely N-dealkylation sites (tertiary alicyclic amines) is 1. The number of carboxylic acids is 1. The van der Waals surface area contributed by atoms with Crippen molar-refractivity contribution in [2.24, 2.45) is 11.8 Å². The van der Waals surface area contributed by atoms with Gasteiger partial charge >= 0.3 is 5.97 Å². The topological polar surface area (TPSA) is 57.6 Å². The molecule has 90 valence electrons. The van der Waals surface area contributed by atoms with Crippen molar-refractivity contribution in [2.75, 3.05) is 6.54 Å². The van der Waals surface area contributed by atoms with E-state index in [1.807, 2.05) is 0 Å². The lowest BCUT2D eigenvalue weighted by molar-refractivity contribution is -0.154. The van der Waals surface area contributed by atoms with E-state index >= 15 is 0 Å². The quantitative estimate of drug-likeness (QED) is 0.735. The number of carboxylic acid groups (broad SMARTS) is 1. The number of carbonyl (C=O) groups excluding carboxylic acids is 1. The summed E-state index contributed by atoms with van der Waals surface area (Å²) < 4.78 is 0. The Kier molecular flexibility index (Phi) is 3.17. The second-order valence-electron chi connectivity index (χ2n) is 5.07. The monoisotopic (exact) mass is 225 g/mol. The molecular weight excluding hydrogens is 206 g/mol. The molecule has 0 aromatic carbocycles. The molecular formula is C12H19NO3. The standard InChI is InChI=1S/C12H19NO3/c1-8(14)13-7-10-5-3-2-4-9(10)6-11(13)12(15)16/h9-11H,2-7H2,1H3,(H,15,16)/t9-,10+,11?/m1/s1. The van der Waals surface area contributed by atoms with E-state index in [1.54, 1.807) is 4.90 Å². The highest BCUT2D eigenvalue weighted by molar-refractivity contribution is 5.82. The molecule has 2 aliphatic rings. The van der Waals surface area contributed by atoms with Crippen molar-refractivity contribution in [2.45, 2.75) is 45.1 Å². The number of hydrogen-bond acceptors (Lipinski definition) is 2. The first kappa shape index (κ1) is 11.4. The maximum Gasteiger partial charge on any atom is 0.326 e. The molecule has 1 saturated heterocycles. The highest BCUT2D eigenvalue weighted by Crippen LogP contribution is 2.38. The minimum Gasteiger partial charge on any atom is -0.480 e. The molecule has 1 heterocycles. The van der Waals surface area contributed by atoms with Crippen LogP contribution < -0.4 is 0 Å². The maximum absolute atomic E-state index is 11.5. The number of carbonyl (C=O) groups is 2. The number of rotatable bonds is 1. The second-order valence-corrected chi connectivity index (χ2v) is 5.07. The van der Waals surface area contributed by atoms with Gasteiger partial charge in [-0.3, -0.25) is 4.79 Å². The average molecular weight is 225 g/mol. The molecule has 2 fully saturated rings. The van der Waals surface area contributed by atoms with E-state index < -0.39 is 12.0 Å². The van der Waals surface area contributed by atoms with Crippen molar-refractivity contribution in [3.63, 3.8) is 0 Å². The molecule has 0 radical (unpaired) electrons. The first-order valence-electron chi connectivity index (χ1n) is 6.09. The lowest BCUT2D eigenvalue weighted by atomic mass is 9.73. The van der Waals surface area contributed by atoms with Crippen LogP contribution in [0.3, 0.4) is 0 Å². The van der Waals surface area contributed by atoms with Crippen molar-refractivity contribution in [3.8, 4) is 0 Å². The fourth-order valence-corrected chi connectivity index (χ4v) is 3.21. The highest BCUT2D eigenvalue weighted by atomic mass is 16.4. The molecule has 1 aliphatic carbocycles. The van der Waals surface area contributed by atoms with E-state index in [0.29, 0.717) is 24.8 Å². The van der Waals surface area contributed by atoms with Gasteiger partial charge in [-0.05, 0) is 24.7 Å². The molecule has 1 unspecified atom stereocenters. The third-order valence-electron chi connectivity index (χ3n) is 4.09. The molecule has 4 nitrogen and oxygen atoms in total. The number of nitrogens with zero attached hydrogens (tertiary/aromatic N) is 1. The summed E-state index contributed by atoms with van der Waals surface area (Å²) in [6, 6.07) is -0.586. The van der Waals surface area contributed by atoms with Gasteiger partial charge < -0.3 is 10.0 Å². The van der Waals surface area contributed by atoms with Crippen molar-refractivity contribution < 1.29 is 14.7 Å². The predicted molar refractivity (Wildman–Crippen MR) is 58.9 cm³/mol. The summed E-state index contributed by atoms with van der Waals surface area (Å²) in [6.45, 7) is 2.12. The third kappa shape index (κ3) is 2.06. The van der Waals surface area contributed by atoms with Crippen LogP contribution in [-0.4, -0.2) is 34.5 Å². The Morgan fingerprint density at radius 3 is 2.38 bits per heavy atom. The zero-order valence-corrected chi connectivity index (χ0v) is 9.69. The minimum atomic E-state index is -0.848. The molecule has 0 aromatic heterocycles. The highest BCUT2D eigenvalue weighted by Gasteiger charge is 2.40. The van der Waals surface area contributed by atoms with Crippen LogP contribution in [-0.2, 0) is 9.59 Å². The Morgan fingerprint density at radius 1 is 1.19 bits per heavy atom. The Hall–Kier alpha value is -1.06. The van der Waals surface area contributed by atoms with Gasteiger partial charge in [0.05, 0.1) is 0 Å². The van der Waals surface area contributed by atoms with Crippen molar-refractivity contribution in [1.29, 1.82) is 0 Å². The summed E-state index contributed by atoms with van der Waals surface area (Å²) in [4.78, 5) is 24.2. The van der Waals surface area contributed by atoms with Gasteiger partial charge in [0.2, 0.25) is 5.91 Å². The molecule has 0 aromatic rings. The number of aliphatic carboxylic acids is 1. The van der Waals surface area contributed by atoms with Crippen LogP contribution in [0.25, 0.3) is 0 Å². The summed E-state index contributed by atoms with van der Waals surface area (Å²) in [5, 5.41) is 9.15. The molecule has 4 heteroatoms. The summed E-state index contributed by atoms with van der Waals surface area (Å²) in [5.41, 5.74) is 0. The van der Waals surface area contributed by atoms with Crippen LogP contribution in [0.15, 0.2) is 0 Å². The minimum absolute atomic E-state index is 0.101. The predicted octanol–water partition coefficient (Wildman–Crippen LogP) is 1.50. The zero-order chi connectivity index (χ0) is 11.7. The summed E-state index contributed by atoms with van der Waals surface area (Å²) in [5.74, 6) is 0.106. The van der Waals surface area contributed by atoms with Crippen molar-refractivity contribution >= 4 is 11.9 Å². The third-order valence-corrected chi connectivity index (χ3v) is 4.09. The lowest BCUT2D eigenvalue weighted by Gasteiger charge is -2.44. The molecule has 1 amide bonds. The molecule has 1 aliphatic heterocycles. The first-order valence-corrected chi connectivity index (χ1v) is 6.09. The van der Waals surface area contributed by atoms with Crippen LogP contribution >= 0.6 is 0 Å². The van der Waals surface area contributed by atoms with Crippen LogP contribution in [0, 0.1) is 11.8 Å². The van der Waals surface area contributed by atoms with E-state index in [4.69, 9.17) is 5.11 Å². The van der Waals surface area contributed by atoms with Crippen LogP contribution in [0.1, 0.15) is 39.0 Å². The van der Waals surface area contributed by atoms with Gasteiger partial charge in [-0.1, -0.05) is 19.3 Å². The van der Waals surface area contributed by atoms with Gasteiger partial charge in [0.15, 0.2) is 0 Å². The van der Waals surface area contributed by atoms with E-state index in [1.165, 1.54) is 19.8 Å². The molecule has 1 N–H and O–H groups in total. The second kappa shape index (κ2) is 4.44. The van der Waals surface area contributed by atoms with Gasteiger partial charge in [-0.25, -0.2) is 4.79 Å². The van der Waals surface area contributed by atoms with E-state index in [2.05, 4.69) is 0 Å². The fourth-order valence-electron chi connectivity index (χ4n) is 3.21. The normalized spacial score (nSPS) is 34.3. The van der Waals surface area contributed by atoms with Gasteiger partial charge in [0, 0.05) is 13.5 Å². The fraction of sp³-hybridized carbons (Fsp3) is 0.833. The Bertz CT molecular complexity index is 273. The average Bonchev–Trinajstić information content (AvgIpc) is 2.27. The Labute approximate surface area is 95.6 Å². The number of piperidine rings is 1. The van der Waals surface area contributed by atoms with E-state index in [-0.39, 0.29) is 5.91 Å². The van der Waals surface area contributed by atoms with Crippen molar-refractivity contribution in [1.82, 2.24) is 4.90 Å². The summed E-state index contributed by atoms with van der Waals surface area (Å²) >= 11 is 0. The first-order chi connectivity index (χ1) is 7.59. The van der Waals surface area contributed by atoms with Gasteiger partial charge in [-0.15, -0.1) is 0 Å². The molecule has 0 spiro atoms. The van der Waals surface area contributed by atoms with Crippen LogP contribution in [0.5, 0.6) is 0 Å². The van der Waals surface area contributed by atoms with E-state index in [9.17, 15) is 9.59 Å². The Morgan fingerprint density at radius 2 is 1.81 bits per heavy atom. The maximum atomic E-state index is 11.5. The zero-order valence-electron chi connectivity index (χ0n) is 9.69. The molecule has 0 bridgehead atoms.